The predicted molar refractivity (Wildman–Crippen MR) is 78.9 cm³/mol. The Bertz CT molecular complexity index is 472. The summed E-state index contributed by atoms with van der Waals surface area (Å²) in [6, 6.07) is 5.14. The molecule has 1 unspecified atom stereocenters. The molecule has 1 rings (SSSR count). The van der Waals surface area contributed by atoms with Gasteiger partial charge >= 0.3 is 0 Å². The third kappa shape index (κ3) is 3.87. The molecule has 1 atom stereocenters. The molecule has 112 valence electrons. The van der Waals surface area contributed by atoms with E-state index in [2.05, 4.69) is 10.6 Å². The minimum atomic E-state index is -0.509. The Morgan fingerprint density at radius 2 is 2.10 bits per heavy atom. The molecule has 1 amide bonds. The van der Waals surface area contributed by atoms with Crippen LogP contribution in [-0.2, 0) is 4.79 Å². The number of phenols is 1. The monoisotopic (exact) mass is 280 g/mol. The molecule has 0 aliphatic heterocycles. The van der Waals surface area contributed by atoms with E-state index < -0.39 is 5.41 Å². The van der Waals surface area contributed by atoms with Gasteiger partial charge in [0, 0.05) is 31.3 Å². The van der Waals surface area contributed by atoms with Crippen molar-refractivity contribution in [2.24, 2.45) is 5.41 Å². The average molecular weight is 280 g/mol. The van der Waals surface area contributed by atoms with Gasteiger partial charge in [-0.25, -0.2) is 0 Å². The van der Waals surface area contributed by atoms with E-state index in [0.717, 1.165) is 5.56 Å². The number of aromatic hydroxyl groups is 1. The van der Waals surface area contributed by atoms with E-state index >= 15 is 0 Å². The zero-order valence-electron chi connectivity index (χ0n) is 12.8. The van der Waals surface area contributed by atoms with Crippen molar-refractivity contribution in [3.63, 3.8) is 0 Å². The summed E-state index contributed by atoms with van der Waals surface area (Å²) < 4.78 is 5.06. The van der Waals surface area contributed by atoms with Crippen LogP contribution < -0.4 is 15.4 Å². The lowest BCUT2D eigenvalue weighted by atomic mass is 9.91. The summed E-state index contributed by atoms with van der Waals surface area (Å²) in [5.41, 5.74) is 0.268. The van der Waals surface area contributed by atoms with Gasteiger partial charge in [0.15, 0.2) is 0 Å². The van der Waals surface area contributed by atoms with Gasteiger partial charge in [-0.05, 0) is 26.8 Å². The van der Waals surface area contributed by atoms with Gasteiger partial charge in [-0.15, -0.1) is 0 Å². The van der Waals surface area contributed by atoms with E-state index in [1.807, 2.05) is 26.8 Å². The van der Waals surface area contributed by atoms with Gasteiger partial charge < -0.3 is 20.5 Å². The van der Waals surface area contributed by atoms with Crippen molar-refractivity contribution >= 4 is 5.91 Å². The number of ether oxygens (including phenoxy) is 1. The van der Waals surface area contributed by atoms with Crippen molar-refractivity contribution in [3.8, 4) is 11.5 Å². The number of phenolic OH excluding ortho intramolecular Hbond substituents is 1. The number of benzene rings is 1. The van der Waals surface area contributed by atoms with Crippen LogP contribution in [0, 0.1) is 5.41 Å². The summed E-state index contributed by atoms with van der Waals surface area (Å²) in [4.78, 5) is 11.7. The molecule has 5 nitrogen and oxygen atoms in total. The van der Waals surface area contributed by atoms with Gasteiger partial charge in [-0.3, -0.25) is 4.79 Å². The molecule has 0 fully saturated rings. The summed E-state index contributed by atoms with van der Waals surface area (Å²) in [6.07, 6.45) is 0. The molecule has 0 heterocycles. The minimum absolute atomic E-state index is 0.0175. The standard InChI is InChI=1S/C15H24N2O3/c1-10(17-9-15(2,3)14(19)16-4)12-7-6-11(20-5)8-13(12)18/h6-8,10,17-18H,9H2,1-5H3,(H,16,19). The summed E-state index contributed by atoms with van der Waals surface area (Å²) in [5, 5.41) is 15.9. The first-order valence-corrected chi connectivity index (χ1v) is 6.64. The smallest absolute Gasteiger partial charge is 0.226 e. The third-order valence-corrected chi connectivity index (χ3v) is 3.40. The van der Waals surface area contributed by atoms with E-state index in [9.17, 15) is 9.90 Å². The molecular weight excluding hydrogens is 256 g/mol. The molecule has 1 aromatic rings. The molecule has 1 aromatic carbocycles. The van der Waals surface area contributed by atoms with Gasteiger partial charge in [0.05, 0.1) is 12.5 Å². The van der Waals surface area contributed by atoms with Crippen LogP contribution >= 0.6 is 0 Å². The van der Waals surface area contributed by atoms with E-state index in [1.165, 1.54) is 0 Å². The van der Waals surface area contributed by atoms with Crippen molar-refractivity contribution in [2.75, 3.05) is 20.7 Å². The highest BCUT2D eigenvalue weighted by atomic mass is 16.5. The molecule has 0 saturated carbocycles. The van der Waals surface area contributed by atoms with Gasteiger partial charge in [-0.2, -0.15) is 0 Å². The zero-order chi connectivity index (χ0) is 15.3. The van der Waals surface area contributed by atoms with Crippen LogP contribution in [0.2, 0.25) is 0 Å². The quantitative estimate of drug-likeness (QED) is 0.743. The van der Waals surface area contributed by atoms with Crippen LogP contribution in [0.3, 0.4) is 0 Å². The number of amides is 1. The van der Waals surface area contributed by atoms with Crippen molar-refractivity contribution in [2.45, 2.75) is 26.8 Å². The molecule has 0 aromatic heterocycles. The highest BCUT2D eigenvalue weighted by Crippen LogP contribution is 2.28. The van der Waals surface area contributed by atoms with Gasteiger partial charge in [0.2, 0.25) is 5.91 Å². The Morgan fingerprint density at radius 3 is 2.60 bits per heavy atom. The second kappa shape index (κ2) is 6.61. The molecule has 3 N–H and O–H groups in total. The van der Waals surface area contributed by atoms with E-state index in [1.54, 1.807) is 26.3 Å². The fourth-order valence-corrected chi connectivity index (χ4v) is 1.95. The van der Waals surface area contributed by atoms with Crippen molar-refractivity contribution in [1.29, 1.82) is 0 Å². The van der Waals surface area contributed by atoms with Crippen molar-refractivity contribution in [3.05, 3.63) is 23.8 Å². The molecule has 5 heteroatoms. The first-order valence-electron chi connectivity index (χ1n) is 6.64. The molecule has 0 spiro atoms. The minimum Gasteiger partial charge on any atom is -0.507 e. The topological polar surface area (TPSA) is 70.6 Å². The third-order valence-electron chi connectivity index (χ3n) is 3.40. The van der Waals surface area contributed by atoms with Crippen LogP contribution in [0.25, 0.3) is 0 Å². The van der Waals surface area contributed by atoms with Gasteiger partial charge in [-0.1, -0.05) is 6.07 Å². The molecule has 0 aliphatic rings. The number of hydrogen-bond donors (Lipinski definition) is 3. The first-order chi connectivity index (χ1) is 9.31. The van der Waals surface area contributed by atoms with Crippen molar-refractivity contribution in [1.82, 2.24) is 10.6 Å². The number of hydrogen-bond acceptors (Lipinski definition) is 4. The fourth-order valence-electron chi connectivity index (χ4n) is 1.95. The van der Waals surface area contributed by atoms with Gasteiger partial charge in [0.25, 0.3) is 0 Å². The van der Waals surface area contributed by atoms with Crippen molar-refractivity contribution < 1.29 is 14.6 Å². The predicted octanol–water partition coefficient (Wildman–Crippen LogP) is 1.82. The van der Waals surface area contributed by atoms with E-state index in [0.29, 0.717) is 12.3 Å². The first kappa shape index (κ1) is 16.3. The lowest BCUT2D eigenvalue weighted by molar-refractivity contribution is -0.128. The fraction of sp³-hybridized carbons (Fsp3) is 0.533. The molecule has 0 radical (unpaired) electrons. The maximum Gasteiger partial charge on any atom is 0.226 e. The second-order valence-electron chi connectivity index (χ2n) is 5.49. The number of carbonyl (C=O) groups excluding carboxylic acids is 1. The zero-order valence-corrected chi connectivity index (χ0v) is 12.8. The second-order valence-corrected chi connectivity index (χ2v) is 5.49. The molecule has 0 bridgehead atoms. The average Bonchev–Trinajstić information content (AvgIpc) is 2.43. The maximum atomic E-state index is 11.7. The molecule has 0 saturated heterocycles. The Morgan fingerprint density at radius 1 is 1.45 bits per heavy atom. The molecule has 0 aliphatic carbocycles. The van der Waals surface area contributed by atoms with E-state index in [-0.39, 0.29) is 17.7 Å². The summed E-state index contributed by atoms with van der Waals surface area (Å²) in [6.45, 7) is 6.21. The number of methoxy groups -OCH3 is 1. The van der Waals surface area contributed by atoms with Crippen LogP contribution in [0.15, 0.2) is 18.2 Å². The maximum absolute atomic E-state index is 11.7. The largest absolute Gasteiger partial charge is 0.507 e. The Hall–Kier alpha value is -1.75. The van der Waals surface area contributed by atoms with Crippen LogP contribution in [0.5, 0.6) is 11.5 Å². The molecule has 20 heavy (non-hydrogen) atoms. The summed E-state index contributed by atoms with van der Waals surface area (Å²) in [7, 11) is 3.19. The van der Waals surface area contributed by atoms with Gasteiger partial charge in [0.1, 0.15) is 11.5 Å². The Balaban J connectivity index is 2.72. The Labute approximate surface area is 120 Å². The van der Waals surface area contributed by atoms with Crippen LogP contribution in [0.4, 0.5) is 0 Å². The highest BCUT2D eigenvalue weighted by Gasteiger charge is 2.27. The highest BCUT2D eigenvalue weighted by molar-refractivity contribution is 5.81. The number of carbonyl (C=O) groups is 1. The Kier molecular flexibility index (Phi) is 5.39. The lowest BCUT2D eigenvalue weighted by Gasteiger charge is -2.26. The summed E-state index contributed by atoms with van der Waals surface area (Å²) in [5.74, 6) is 0.780. The van der Waals surface area contributed by atoms with E-state index in [4.69, 9.17) is 4.74 Å². The SMILES string of the molecule is CNC(=O)C(C)(C)CNC(C)c1ccc(OC)cc1O. The number of rotatable bonds is 6. The summed E-state index contributed by atoms with van der Waals surface area (Å²) >= 11 is 0. The van der Waals surface area contributed by atoms with Crippen LogP contribution in [-0.4, -0.2) is 31.7 Å². The molecular formula is C15H24N2O3. The normalized spacial score (nSPS) is 12.8. The lowest BCUT2D eigenvalue weighted by Crippen LogP contribution is -2.42. The number of nitrogens with one attached hydrogen (secondary N) is 2. The van der Waals surface area contributed by atoms with Crippen LogP contribution in [0.1, 0.15) is 32.4 Å².